The van der Waals surface area contributed by atoms with Gasteiger partial charge in [-0.25, -0.2) is 4.79 Å². The molecule has 0 fully saturated rings. The van der Waals surface area contributed by atoms with E-state index in [0.717, 1.165) is 4.47 Å². The predicted molar refractivity (Wildman–Crippen MR) is 86.6 cm³/mol. The zero-order chi connectivity index (χ0) is 15.2. The Balaban J connectivity index is 1.96. The Hall–Kier alpha value is -2.34. The fourth-order valence-electron chi connectivity index (χ4n) is 1.68. The van der Waals surface area contributed by atoms with Crippen molar-refractivity contribution >= 4 is 39.2 Å². The van der Waals surface area contributed by atoms with Crippen LogP contribution in [-0.4, -0.2) is 19.0 Å². The highest BCUT2D eigenvalue weighted by atomic mass is 79.9. The number of halogens is 1. The summed E-state index contributed by atoms with van der Waals surface area (Å²) in [5.41, 5.74) is 1.84. The number of carbonyl (C=O) groups is 2. The van der Waals surface area contributed by atoms with E-state index in [-0.39, 0.29) is 11.9 Å². The van der Waals surface area contributed by atoms with Gasteiger partial charge in [-0.15, -0.1) is 0 Å². The summed E-state index contributed by atoms with van der Waals surface area (Å²) in [4.78, 5) is 23.2. The first-order valence-corrected chi connectivity index (χ1v) is 7.03. The van der Waals surface area contributed by atoms with Gasteiger partial charge in [0.2, 0.25) is 0 Å². The number of carbonyl (C=O) groups excluding carboxylic acids is 2. The quantitative estimate of drug-likeness (QED) is 0.795. The van der Waals surface area contributed by atoms with E-state index in [9.17, 15) is 9.59 Å². The van der Waals surface area contributed by atoms with Crippen LogP contribution in [0.2, 0.25) is 0 Å². The number of urea groups is 1. The predicted octanol–water partition coefficient (Wildman–Crippen LogP) is 3.45. The molecular weight excluding hydrogens is 334 g/mol. The second kappa shape index (κ2) is 6.90. The first-order chi connectivity index (χ1) is 10.1. The largest absolute Gasteiger partial charge is 0.355 e. The van der Waals surface area contributed by atoms with Crippen molar-refractivity contribution < 1.29 is 9.59 Å². The number of nitrogens with one attached hydrogen (secondary N) is 3. The number of amides is 3. The van der Waals surface area contributed by atoms with Crippen molar-refractivity contribution in [3.63, 3.8) is 0 Å². The van der Waals surface area contributed by atoms with E-state index >= 15 is 0 Å². The van der Waals surface area contributed by atoms with Gasteiger partial charge < -0.3 is 16.0 Å². The number of hydrogen-bond donors (Lipinski definition) is 3. The lowest BCUT2D eigenvalue weighted by atomic mass is 10.2. The Morgan fingerprint density at radius 1 is 0.857 bits per heavy atom. The lowest BCUT2D eigenvalue weighted by Crippen LogP contribution is -2.20. The van der Waals surface area contributed by atoms with Crippen LogP contribution in [0.1, 0.15) is 10.4 Å². The van der Waals surface area contributed by atoms with Crippen LogP contribution < -0.4 is 16.0 Å². The van der Waals surface area contributed by atoms with Gasteiger partial charge >= 0.3 is 6.03 Å². The van der Waals surface area contributed by atoms with Crippen LogP contribution in [0.3, 0.4) is 0 Å². The molecule has 0 saturated heterocycles. The Morgan fingerprint density at radius 3 is 1.81 bits per heavy atom. The zero-order valence-electron chi connectivity index (χ0n) is 11.3. The van der Waals surface area contributed by atoms with Crippen molar-refractivity contribution in [1.82, 2.24) is 5.32 Å². The van der Waals surface area contributed by atoms with Crippen LogP contribution >= 0.6 is 15.9 Å². The Labute approximate surface area is 130 Å². The second-order valence-electron chi connectivity index (χ2n) is 4.24. The van der Waals surface area contributed by atoms with Crippen LogP contribution in [0.5, 0.6) is 0 Å². The third kappa shape index (κ3) is 4.32. The fraction of sp³-hybridized carbons (Fsp3) is 0.0667. The second-order valence-corrected chi connectivity index (χ2v) is 5.16. The molecule has 0 heterocycles. The van der Waals surface area contributed by atoms with Crippen molar-refractivity contribution in [1.29, 1.82) is 0 Å². The van der Waals surface area contributed by atoms with Gasteiger partial charge in [-0.05, 0) is 48.5 Å². The fourth-order valence-corrected chi connectivity index (χ4v) is 1.94. The average molecular weight is 348 g/mol. The normalized spacial score (nSPS) is 9.81. The van der Waals surface area contributed by atoms with Gasteiger partial charge in [0, 0.05) is 28.5 Å². The standard InChI is InChI=1S/C15H14BrN3O2/c1-17-14(20)10-2-6-12(7-3-10)18-15(21)19-13-8-4-11(16)5-9-13/h2-9H,1H3,(H,17,20)(H2,18,19,21). The molecule has 0 saturated carbocycles. The molecule has 108 valence electrons. The maximum absolute atomic E-state index is 11.8. The molecule has 0 bridgehead atoms. The minimum Gasteiger partial charge on any atom is -0.355 e. The highest BCUT2D eigenvalue weighted by Crippen LogP contribution is 2.15. The molecule has 0 aliphatic carbocycles. The van der Waals surface area contributed by atoms with Gasteiger partial charge in [-0.3, -0.25) is 4.79 Å². The van der Waals surface area contributed by atoms with Crippen LogP contribution in [-0.2, 0) is 0 Å². The SMILES string of the molecule is CNC(=O)c1ccc(NC(=O)Nc2ccc(Br)cc2)cc1. The van der Waals surface area contributed by atoms with Crippen molar-refractivity contribution in [2.45, 2.75) is 0 Å². The molecule has 0 atom stereocenters. The van der Waals surface area contributed by atoms with E-state index in [1.807, 2.05) is 12.1 Å². The van der Waals surface area contributed by atoms with Crippen LogP contribution in [0.25, 0.3) is 0 Å². The topological polar surface area (TPSA) is 70.2 Å². The third-order valence-electron chi connectivity index (χ3n) is 2.73. The molecule has 3 amide bonds. The molecular formula is C15H14BrN3O2. The van der Waals surface area contributed by atoms with E-state index in [1.54, 1.807) is 43.4 Å². The minimum absolute atomic E-state index is 0.166. The highest BCUT2D eigenvalue weighted by Gasteiger charge is 2.05. The van der Waals surface area contributed by atoms with E-state index in [4.69, 9.17) is 0 Å². The maximum Gasteiger partial charge on any atom is 0.323 e. The molecule has 2 aromatic rings. The summed E-state index contributed by atoms with van der Waals surface area (Å²) in [6, 6.07) is 13.6. The monoisotopic (exact) mass is 347 g/mol. The lowest BCUT2D eigenvalue weighted by molar-refractivity contribution is 0.0963. The van der Waals surface area contributed by atoms with Crippen molar-refractivity contribution in [3.8, 4) is 0 Å². The highest BCUT2D eigenvalue weighted by molar-refractivity contribution is 9.10. The van der Waals surface area contributed by atoms with Gasteiger partial charge in [0.1, 0.15) is 0 Å². The number of hydrogen-bond acceptors (Lipinski definition) is 2. The summed E-state index contributed by atoms with van der Waals surface area (Å²) in [6.07, 6.45) is 0. The number of rotatable bonds is 3. The molecule has 0 unspecified atom stereocenters. The van der Waals surface area contributed by atoms with Gasteiger partial charge in [0.05, 0.1) is 0 Å². The molecule has 3 N–H and O–H groups in total. The number of anilines is 2. The number of benzene rings is 2. The summed E-state index contributed by atoms with van der Waals surface area (Å²) in [5.74, 6) is -0.166. The molecule has 2 rings (SSSR count). The van der Waals surface area contributed by atoms with Crippen molar-refractivity contribution in [2.75, 3.05) is 17.7 Å². The minimum atomic E-state index is -0.343. The van der Waals surface area contributed by atoms with Crippen molar-refractivity contribution in [3.05, 3.63) is 58.6 Å². The van der Waals surface area contributed by atoms with Crippen LogP contribution in [0, 0.1) is 0 Å². The Morgan fingerprint density at radius 2 is 1.33 bits per heavy atom. The molecule has 0 aromatic heterocycles. The molecule has 0 radical (unpaired) electrons. The molecule has 6 heteroatoms. The molecule has 5 nitrogen and oxygen atoms in total. The zero-order valence-corrected chi connectivity index (χ0v) is 12.9. The first kappa shape index (κ1) is 15.1. The Kier molecular flexibility index (Phi) is 4.94. The Bertz CT molecular complexity index is 639. The maximum atomic E-state index is 11.8. The molecule has 2 aromatic carbocycles. The lowest BCUT2D eigenvalue weighted by Gasteiger charge is -2.08. The van der Waals surface area contributed by atoms with Gasteiger partial charge in [-0.2, -0.15) is 0 Å². The molecule has 0 aliphatic rings. The summed E-state index contributed by atoms with van der Waals surface area (Å²) in [7, 11) is 1.57. The van der Waals surface area contributed by atoms with E-state index < -0.39 is 0 Å². The van der Waals surface area contributed by atoms with Crippen LogP contribution in [0.15, 0.2) is 53.0 Å². The van der Waals surface area contributed by atoms with Crippen molar-refractivity contribution in [2.24, 2.45) is 0 Å². The van der Waals surface area contributed by atoms with Crippen LogP contribution in [0.4, 0.5) is 16.2 Å². The first-order valence-electron chi connectivity index (χ1n) is 6.24. The third-order valence-corrected chi connectivity index (χ3v) is 3.26. The summed E-state index contributed by atoms with van der Waals surface area (Å²) >= 11 is 3.33. The van der Waals surface area contributed by atoms with E-state index in [1.165, 1.54) is 0 Å². The average Bonchev–Trinajstić information content (AvgIpc) is 2.49. The molecule has 0 aliphatic heterocycles. The molecule has 21 heavy (non-hydrogen) atoms. The molecule has 0 spiro atoms. The van der Waals surface area contributed by atoms with Gasteiger partial charge in [-0.1, -0.05) is 15.9 Å². The van der Waals surface area contributed by atoms with E-state index in [0.29, 0.717) is 16.9 Å². The summed E-state index contributed by atoms with van der Waals surface area (Å²) in [5, 5.41) is 7.95. The van der Waals surface area contributed by atoms with E-state index in [2.05, 4.69) is 31.9 Å². The summed E-state index contributed by atoms with van der Waals surface area (Å²) < 4.78 is 0.943. The smallest absolute Gasteiger partial charge is 0.323 e. The summed E-state index contributed by atoms with van der Waals surface area (Å²) in [6.45, 7) is 0. The van der Waals surface area contributed by atoms with Gasteiger partial charge in [0.15, 0.2) is 0 Å². The van der Waals surface area contributed by atoms with Gasteiger partial charge in [0.25, 0.3) is 5.91 Å².